The molecule has 2 heterocycles. The molecule has 1 unspecified atom stereocenters. The van der Waals surface area contributed by atoms with E-state index in [1.807, 2.05) is 47.4 Å². The Morgan fingerprint density at radius 3 is 2.57 bits per heavy atom. The molecule has 3 aromatic carbocycles. The smallest absolute Gasteiger partial charge is 0.227 e. The number of hydrogen-bond donors (Lipinski definition) is 0. The quantitative estimate of drug-likeness (QED) is 0.260. The Bertz CT molecular complexity index is 1340. The molecule has 5 rings (SSSR count). The van der Waals surface area contributed by atoms with E-state index in [-0.39, 0.29) is 11.8 Å². The highest BCUT2D eigenvalue weighted by Gasteiger charge is 2.34. The summed E-state index contributed by atoms with van der Waals surface area (Å²) in [5.74, 6) is 2.13. The summed E-state index contributed by atoms with van der Waals surface area (Å²) in [6.07, 6.45) is 2.36. The molecule has 0 bridgehead atoms. The molecule has 0 radical (unpaired) electrons. The van der Waals surface area contributed by atoms with Crippen molar-refractivity contribution in [2.45, 2.75) is 45.6 Å². The zero-order valence-electron chi connectivity index (χ0n) is 20.2. The number of halogens is 1. The molecule has 1 aromatic heterocycles. The Labute approximate surface area is 211 Å². The minimum atomic E-state index is 0.0414. The van der Waals surface area contributed by atoms with Crippen molar-refractivity contribution in [1.29, 1.82) is 0 Å². The number of fused-ring (bicyclic) bond motifs is 1. The number of carbonyl (C=O) groups is 1. The maximum Gasteiger partial charge on any atom is 0.227 e. The van der Waals surface area contributed by atoms with Gasteiger partial charge in [0, 0.05) is 36.1 Å². The fraction of sp³-hybridized carbons (Fsp3) is 0.310. The van der Waals surface area contributed by atoms with Gasteiger partial charge in [0.1, 0.15) is 11.6 Å². The van der Waals surface area contributed by atoms with E-state index < -0.39 is 0 Å². The van der Waals surface area contributed by atoms with Crippen LogP contribution in [0, 0.1) is 13.8 Å². The number of hydrogen-bond acceptors (Lipinski definition) is 3. The Hall–Kier alpha value is -3.31. The van der Waals surface area contributed by atoms with Crippen LogP contribution in [0.15, 0.2) is 66.7 Å². The van der Waals surface area contributed by atoms with Gasteiger partial charge in [-0.05, 0) is 68.1 Å². The van der Waals surface area contributed by atoms with Gasteiger partial charge in [0.05, 0.1) is 17.6 Å². The Kier molecular flexibility index (Phi) is 6.78. The third kappa shape index (κ3) is 4.92. The summed E-state index contributed by atoms with van der Waals surface area (Å²) in [5.41, 5.74) is 5.28. The van der Waals surface area contributed by atoms with Gasteiger partial charge in [-0.1, -0.05) is 48.0 Å². The van der Waals surface area contributed by atoms with E-state index in [1.54, 1.807) is 0 Å². The number of anilines is 1. The van der Waals surface area contributed by atoms with Crippen molar-refractivity contribution in [2.75, 3.05) is 18.1 Å². The van der Waals surface area contributed by atoms with E-state index in [2.05, 4.69) is 42.7 Å². The van der Waals surface area contributed by atoms with Crippen LogP contribution in [0.25, 0.3) is 11.0 Å². The van der Waals surface area contributed by atoms with E-state index in [4.69, 9.17) is 21.3 Å². The Balaban J connectivity index is 1.30. The summed E-state index contributed by atoms with van der Waals surface area (Å²) in [4.78, 5) is 19.7. The van der Waals surface area contributed by atoms with E-state index in [0.717, 1.165) is 47.7 Å². The maximum atomic E-state index is 12.9. The van der Waals surface area contributed by atoms with Crippen molar-refractivity contribution < 1.29 is 9.53 Å². The molecule has 1 fully saturated rings. The van der Waals surface area contributed by atoms with Gasteiger partial charge in [0.25, 0.3) is 0 Å². The lowest BCUT2D eigenvalue weighted by atomic mass is 10.1. The standard InChI is InChI=1S/C29H30ClN3O2/c1-20-9-7-10-21(2)28(20)35-16-6-5-15-32-26-14-4-3-13-25(26)31-29(32)22-17-27(34)33(19-22)24-12-8-11-23(30)18-24/h3-4,7-14,18,22H,5-6,15-17,19H2,1-2H3. The third-order valence-electron chi connectivity index (χ3n) is 6.73. The largest absolute Gasteiger partial charge is 0.493 e. The minimum Gasteiger partial charge on any atom is -0.493 e. The number of imidazole rings is 1. The van der Waals surface area contributed by atoms with E-state index in [1.165, 1.54) is 11.1 Å². The molecule has 0 aliphatic carbocycles. The second-order valence-corrected chi connectivity index (χ2v) is 9.71. The van der Waals surface area contributed by atoms with Crippen LogP contribution in [0.5, 0.6) is 5.75 Å². The van der Waals surface area contributed by atoms with Crippen molar-refractivity contribution >= 4 is 34.2 Å². The Morgan fingerprint density at radius 2 is 1.77 bits per heavy atom. The molecular formula is C29H30ClN3O2. The topological polar surface area (TPSA) is 47.4 Å². The number of aryl methyl sites for hydroxylation is 3. The molecule has 4 aromatic rings. The SMILES string of the molecule is Cc1cccc(C)c1OCCCCn1c(C2CC(=O)N(c3cccc(Cl)c3)C2)nc2ccccc21. The number of rotatable bonds is 8. The average Bonchev–Trinajstić information content (AvgIpc) is 3.41. The summed E-state index contributed by atoms with van der Waals surface area (Å²) in [7, 11) is 0. The predicted octanol–water partition coefficient (Wildman–Crippen LogP) is 6.69. The summed E-state index contributed by atoms with van der Waals surface area (Å²) in [6, 6.07) is 21.9. The molecular weight excluding hydrogens is 458 g/mol. The molecule has 5 nitrogen and oxygen atoms in total. The van der Waals surface area contributed by atoms with Gasteiger partial charge in [0.15, 0.2) is 0 Å². The van der Waals surface area contributed by atoms with Gasteiger partial charge < -0.3 is 14.2 Å². The number of nitrogens with zero attached hydrogens (tertiary/aromatic N) is 3. The molecule has 1 aliphatic rings. The van der Waals surface area contributed by atoms with Crippen molar-refractivity contribution in [2.24, 2.45) is 0 Å². The molecule has 6 heteroatoms. The summed E-state index contributed by atoms with van der Waals surface area (Å²) in [6.45, 7) is 6.30. The molecule has 0 N–H and O–H groups in total. The van der Waals surface area contributed by atoms with Crippen LogP contribution in [-0.2, 0) is 11.3 Å². The summed E-state index contributed by atoms with van der Waals surface area (Å²) >= 11 is 6.18. The van der Waals surface area contributed by atoms with Crippen LogP contribution < -0.4 is 9.64 Å². The lowest BCUT2D eigenvalue weighted by Gasteiger charge is -2.18. The minimum absolute atomic E-state index is 0.0414. The molecule has 1 atom stereocenters. The van der Waals surface area contributed by atoms with Crippen molar-refractivity contribution in [3.8, 4) is 5.75 Å². The van der Waals surface area contributed by atoms with Gasteiger partial charge in [-0.15, -0.1) is 0 Å². The average molecular weight is 488 g/mol. The van der Waals surface area contributed by atoms with Crippen molar-refractivity contribution in [1.82, 2.24) is 9.55 Å². The first-order chi connectivity index (χ1) is 17.0. The normalized spacial score (nSPS) is 15.8. The molecule has 1 saturated heterocycles. The fourth-order valence-electron chi connectivity index (χ4n) is 4.99. The second kappa shape index (κ2) is 10.1. The van der Waals surface area contributed by atoms with Crippen molar-refractivity contribution in [3.63, 3.8) is 0 Å². The fourth-order valence-corrected chi connectivity index (χ4v) is 5.17. The van der Waals surface area contributed by atoms with Crippen LogP contribution in [0.1, 0.15) is 42.1 Å². The highest BCUT2D eigenvalue weighted by atomic mass is 35.5. The van der Waals surface area contributed by atoms with Crippen LogP contribution in [0.3, 0.4) is 0 Å². The number of amides is 1. The number of para-hydroxylation sites is 3. The first kappa shape index (κ1) is 23.4. The Morgan fingerprint density at radius 1 is 1.00 bits per heavy atom. The lowest BCUT2D eigenvalue weighted by Crippen LogP contribution is -2.24. The second-order valence-electron chi connectivity index (χ2n) is 9.27. The summed E-state index contributed by atoms with van der Waals surface area (Å²) < 4.78 is 8.40. The van der Waals surface area contributed by atoms with Crippen LogP contribution in [0.4, 0.5) is 5.69 Å². The molecule has 1 amide bonds. The number of carbonyl (C=O) groups excluding carboxylic acids is 1. The third-order valence-corrected chi connectivity index (χ3v) is 6.96. The van der Waals surface area contributed by atoms with Gasteiger partial charge in [0.2, 0.25) is 5.91 Å². The molecule has 0 spiro atoms. The zero-order valence-corrected chi connectivity index (χ0v) is 21.0. The highest BCUT2D eigenvalue weighted by molar-refractivity contribution is 6.30. The first-order valence-corrected chi connectivity index (χ1v) is 12.6. The number of unbranched alkanes of at least 4 members (excludes halogenated alkanes) is 1. The van der Waals surface area contributed by atoms with Gasteiger partial charge in [-0.3, -0.25) is 4.79 Å². The van der Waals surface area contributed by atoms with Crippen LogP contribution >= 0.6 is 11.6 Å². The summed E-state index contributed by atoms with van der Waals surface area (Å²) in [5, 5.41) is 0.633. The predicted molar refractivity (Wildman–Crippen MR) is 142 cm³/mol. The van der Waals surface area contributed by atoms with Gasteiger partial charge in [-0.25, -0.2) is 4.98 Å². The van der Waals surface area contributed by atoms with Crippen molar-refractivity contribution in [3.05, 3.63) is 88.7 Å². The molecule has 0 saturated carbocycles. The molecule has 180 valence electrons. The van der Waals surface area contributed by atoms with Gasteiger partial charge in [-0.2, -0.15) is 0 Å². The first-order valence-electron chi connectivity index (χ1n) is 12.2. The van der Waals surface area contributed by atoms with E-state index >= 15 is 0 Å². The number of aromatic nitrogens is 2. The highest BCUT2D eigenvalue weighted by Crippen LogP contribution is 2.34. The van der Waals surface area contributed by atoms with E-state index in [0.29, 0.717) is 24.6 Å². The van der Waals surface area contributed by atoms with Gasteiger partial charge >= 0.3 is 0 Å². The maximum absolute atomic E-state index is 12.9. The lowest BCUT2D eigenvalue weighted by molar-refractivity contribution is -0.117. The molecule has 35 heavy (non-hydrogen) atoms. The number of ether oxygens (including phenoxy) is 1. The number of benzene rings is 3. The zero-order chi connectivity index (χ0) is 24.4. The van der Waals surface area contributed by atoms with Crippen LogP contribution in [0.2, 0.25) is 5.02 Å². The monoisotopic (exact) mass is 487 g/mol. The molecule has 1 aliphatic heterocycles. The van der Waals surface area contributed by atoms with E-state index in [9.17, 15) is 4.79 Å². The van der Waals surface area contributed by atoms with Crippen LogP contribution in [-0.4, -0.2) is 28.6 Å².